The zero-order valence-corrected chi connectivity index (χ0v) is 17.7. The van der Waals surface area contributed by atoms with Gasteiger partial charge in [0.1, 0.15) is 17.7 Å². The molecule has 0 aliphatic heterocycles. The molecule has 0 saturated carbocycles. The summed E-state index contributed by atoms with van der Waals surface area (Å²) >= 11 is 1.65. The van der Waals surface area contributed by atoms with Gasteiger partial charge in [0.25, 0.3) is 0 Å². The van der Waals surface area contributed by atoms with Crippen molar-refractivity contribution in [2.45, 2.75) is 31.5 Å². The standard InChI is InChI=1S/C19H31N5O3S/c1-4-24(5-2)13-16(25)14-27-17-7-6-15(10-18(17)26-3)11-20-8-9-28-19-12-21-23-22-19/h6-7,10,12,16,20,25H,4-5,8-9,11,13-14H2,1-3H3,(H,21,22,23)/t16-/m0/s1. The Bertz CT molecular complexity index is 668. The number of likely N-dealkylation sites (N-methyl/N-ethyl adjacent to an activating group) is 1. The van der Waals surface area contributed by atoms with Crippen LogP contribution in [0.1, 0.15) is 19.4 Å². The molecule has 2 rings (SSSR count). The Kier molecular flexibility index (Phi) is 10.1. The van der Waals surface area contributed by atoms with Crippen LogP contribution in [0, 0.1) is 0 Å². The van der Waals surface area contributed by atoms with E-state index in [1.165, 1.54) is 0 Å². The third-order valence-corrected chi connectivity index (χ3v) is 5.17. The molecule has 0 fully saturated rings. The van der Waals surface area contributed by atoms with Gasteiger partial charge in [0.05, 0.1) is 13.3 Å². The molecule has 0 aliphatic carbocycles. The molecule has 0 saturated heterocycles. The lowest BCUT2D eigenvalue weighted by atomic mass is 10.2. The summed E-state index contributed by atoms with van der Waals surface area (Å²) in [6.45, 7) is 8.43. The van der Waals surface area contributed by atoms with Gasteiger partial charge in [-0.05, 0) is 30.8 Å². The van der Waals surface area contributed by atoms with Crippen molar-refractivity contribution < 1.29 is 14.6 Å². The van der Waals surface area contributed by atoms with Crippen LogP contribution in [0.2, 0.25) is 0 Å². The van der Waals surface area contributed by atoms with Crippen LogP contribution in [0.3, 0.4) is 0 Å². The van der Waals surface area contributed by atoms with Gasteiger partial charge in [0.15, 0.2) is 11.5 Å². The maximum absolute atomic E-state index is 10.2. The molecular weight excluding hydrogens is 378 g/mol. The first kappa shape index (κ1) is 22.5. The molecule has 1 aromatic carbocycles. The van der Waals surface area contributed by atoms with Crippen molar-refractivity contribution in [1.29, 1.82) is 0 Å². The summed E-state index contributed by atoms with van der Waals surface area (Å²) < 4.78 is 11.2. The average molecular weight is 410 g/mol. The first-order chi connectivity index (χ1) is 13.7. The molecule has 3 N–H and O–H groups in total. The number of aromatic amines is 1. The van der Waals surface area contributed by atoms with Crippen molar-refractivity contribution in [2.24, 2.45) is 0 Å². The first-order valence-electron chi connectivity index (χ1n) is 9.55. The Morgan fingerprint density at radius 1 is 1.29 bits per heavy atom. The number of nitrogens with zero attached hydrogens (tertiary/aromatic N) is 3. The van der Waals surface area contributed by atoms with Crippen LogP contribution in [0.5, 0.6) is 11.5 Å². The van der Waals surface area contributed by atoms with Crippen LogP contribution >= 0.6 is 11.8 Å². The van der Waals surface area contributed by atoms with Crippen molar-refractivity contribution >= 4 is 11.8 Å². The number of hydrogen-bond acceptors (Lipinski definition) is 8. The number of aliphatic hydroxyl groups excluding tert-OH is 1. The number of aliphatic hydroxyl groups is 1. The fourth-order valence-electron chi connectivity index (χ4n) is 2.68. The number of ether oxygens (including phenoxy) is 2. The maximum atomic E-state index is 10.2. The highest BCUT2D eigenvalue weighted by Crippen LogP contribution is 2.28. The van der Waals surface area contributed by atoms with E-state index >= 15 is 0 Å². The highest BCUT2D eigenvalue weighted by Gasteiger charge is 2.12. The van der Waals surface area contributed by atoms with Gasteiger partial charge in [-0.3, -0.25) is 0 Å². The molecule has 8 nitrogen and oxygen atoms in total. The minimum Gasteiger partial charge on any atom is -0.493 e. The van der Waals surface area contributed by atoms with E-state index in [4.69, 9.17) is 9.47 Å². The zero-order valence-electron chi connectivity index (χ0n) is 16.9. The van der Waals surface area contributed by atoms with Gasteiger partial charge >= 0.3 is 0 Å². The molecule has 0 aliphatic rings. The lowest BCUT2D eigenvalue weighted by molar-refractivity contribution is 0.0705. The SMILES string of the molecule is CCN(CC)C[C@H](O)COc1ccc(CNCCSc2cn[nH]n2)cc1OC. The number of nitrogens with one attached hydrogen (secondary N) is 2. The minimum absolute atomic E-state index is 0.240. The van der Waals surface area contributed by atoms with Gasteiger partial charge in [-0.15, -0.1) is 16.9 Å². The van der Waals surface area contributed by atoms with Crippen molar-refractivity contribution in [3.63, 3.8) is 0 Å². The summed E-state index contributed by atoms with van der Waals surface area (Å²) in [6.07, 6.45) is 1.18. The van der Waals surface area contributed by atoms with E-state index in [-0.39, 0.29) is 6.61 Å². The second-order valence-corrected chi connectivity index (χ2v) is 7.38. The van der Waals surface area contributed by atoms with Crippen molar-refractivity contribution in [1.82, 2.24) is 25.6 Å². The third-order valence-electron chi connectivity index (χ3n) is 4.27. The molecule has 0 bridgehead atoms. The molecule has 9 heteroatoms. The van der Waals surface area contributed by atoms with Gasteiger partial charge in [-0.1, -0.05) is 19.9 Å². The van der Waals surface area contributed by atoms with E-state index in [1.807, 2.05) is 18.2 Å². The van der Waals surface area contributed by atoms with Gasteiger partial charge < -0.3 is 24.8 Å². The largest absolute Gasteiger partial charge is 0.493 e. The lowest BCUT2D eigenvalue weighted by Gasteiger charge is -2.22. The molecule has 1 aromatic heterocycles. The van der Waals surface area contributed by atoms with Crippen LogP contribution < -0.4 is 14.8 Å². The Labute approximate surface area is 171 Å². The molecular formula is C19H31N5O3S. The lowest BCUT2D eigenvalue weighted by Crippen LogP contribution is -2.35. The van der Waals surface area contributed by atoms with Crippen LogP contribution in [0.4, 0.5) is 0 Å². The monoisotopic (exact) mass is 409 g/mol. The van der Waals surface area contributed by atoms with E-state index in [2.05, 4.69) is 39.5 Å². The normalized spacial score (nSPS) is 12.3. The van der Waals surface area contributed by atoms with Gasteiger partial charge in [-0.25, -0.2) is 0 Å². The molecule has 0 radical (unpaired) electrons. The number of hydrogen-bond donors (Lipinski definition) is 3. The highest BCUT2D eigenvalue weighted by molar-refractivity contribution is 7.99. The third kappa shape index (κ3) is 7.67. The second kappa shape index (κ2) is 12.6. The van der Waals surface area contributed by atoms with Crippen molar-refractivity contribution in [3.05, 3.63) is 30.0 Å². The molecule has 0 amide bonds. The Morgan fingerprint density at radius 3 is 2.79 bits per heavy atom. The fraction of sp³-hybridized carbons (Fsp3) is 0.579. The molecule has 156 valence electrons. The number of aromatic nitrogens is 3. The first-order valence-corrected chi connectivity index (χ1v) is 10.5. The Hall–Kier alpha value is -1.81. The van der Waals surface area contributed by atoms with Gasteiger partial charge in [0, 0.05) is 25.4 Å². The zero-order chi connectivity index (χ0) is 20.2. The smallest absolute Gasteiger partial charge is 0.161 e. The predicted molar refractivity (Wildman–Crippen MR) is 111 cm³/mol. The Balaban J connectivity index is 1.75. The number of H-pyrrole nitrogens is 1. The maximum Gasteiger partial charge on any atom is 0.161 e. The topological polar surface area (TPSA) is 95.5 Å². The van der Waals surface area contributed by atoms with E-state index in [0.29, 0.717) is 18.0 Å². The number of rotatable bonds is 14. The van der Waals surface area contributed by atoms with Crippen LogP contribution in [-0.4, -0.2) is 77.2 Å². The molecule has 28 heavy (non-hydrogen) atoms. The number of thioether (sulfide) groups is 1. The summed E-state index contributed by atoms with van der Waals surface area (Å²) in [5.41, 5.74) is 1.11. The second-order valence-electron chi connectivity index (χ2n) is 6.27. The molecule has 1 atom stereocenters. The number of methoxy groups -OCH3 is 1. The van der Waals surface area contributed by atoms with E-state index in [9.17, 15) is 5.11 Å². The molecule has 1 heterocycles. The average Bonchev–Trinajstić information content (AvgIpc) is 3.24. The summed E-state index contributed by atoms with van der Waals surface area (Å²) in [5.74, 6) is 2.23. The fourth-order valence-corrected chi connectivity index (χ4v) is 3.37. The molecule has 2 aromatic rings. The predicted octanol–water partition coefficient (Wildman–Crippen LogP) is 1.78. The molecule has 0 spiro atoms. The van der Waals surface area contributed by atoms with Crippen molar-refractivity contribution in [3.8, 4) is 11.5 Å². The van der Waals surface area contributed by atoms with Gasteiger partial charge in [-0.2, -0.15) is 10.3 Å². The summed E-state index contributed by atoms with van der Waals surface area (Å²) in [7, 11) is 1.63. The van der Waals surface area contributed by atoms with Crippen LogP contribution in [-0.2, 0) is 6.54 Å². The van der Waals surface area contributed by atoms with Crippen LogP contribution in [0.15, 0.2) is 29.4 Å². The quantitative estimate of drug-likeness (QED) is 0.321. The van der Waals surface area contributed by atoms with Gasteiger partial charge in [0.2, 0.25) is 0 Å². The van der Waals surface area contributed by atoms with Crippen molar-refractivity contribution in [2.75, 3.05) is 45.6 Å². The van der Waals surface area contributed by atoms with E-state index in [1.54, 1.807) is 25.1 Å². The minimum atomic E-state index is -0.534. The summed E-state index contributed by atoms with van der Waals surface area (Å²) in [5, 5.41) is 24.9. The number of benzene rings is 1. The summed E-state index contributed by atoms with van der Waals surface area (Å²) in [4.78, 5) is 2.17. The van der Waals surface area contributed by atoms with E-state index in [0.717, 1.165) is 42.5 Å². The Morgan fingerprint density at radius 2 is 2.11 bits per heavy atom. The highest BCUT2D eigenvalue weighted by atomic mass is 32.2. The van der Waals surface area contributed by atoms with Crippen LogP contribution in [0.25, 0.3) is 0 Å². The summed E-state index contributed by atoms with van der Waals surface area (Å²) in [6, 6.07) is 5.86. The molecule has 0 unspecified atom stereocenters. The van der Waals surface area contributed by atoms with E-state index < -0.39 is 6.10 Å².